The Labute approximate surface area is 87.8 Å². The summed E-state index contributed by atoms with van der Waals surface area (Å²) in [6, 6.07) is 1.98. The second-order valence-corrected chi connectivity index (χ2v) is 3.74. The van der Waals surface area contributed by atoms with Crippen molar-refractivity contribution in [1.82, 2.24) is 9.97 Å². The smallest absolute Gasteiger partial charge is 0.182 e. The molecule has 0 spiro atoms. The minimum atomic E-state index is -0.144. The van der Waals surface area contributed by atoms with Crippen molar-refractivity contribution in [1.29, 1.82) is 5.26 Å². The third-order valence-corrected chi connectivity index (χ3v) is 2.57. The van der Waals surface area contributed by atoms with E-state index in [0.717, 1.165) is 19.4 Å². The van der Waals surface area contributed by atoms with E-state index in [1.807, 2.05) is 6.07 Å². The quantitative estimate of drug-likeness (QED) is 0.750. The van der Waals surface area contributed by atoms with E-state index in [-0.39, 0.29) is 6.10 Å². The van der Waals surface area contributed by atoms with Crippen LogP contribution in [0.15, 0.2) is 12.4 Å². The summed E-state index contributed by atoms with van der Waals surface area (Å²) in [5.74, 6) is 1.01. The van der Waals surface area contributed by atoms with Crippen molar-refractivity contribution in [3.63, 3.8) is 0 Å². The lowest BCUT2D eigenvalue weighted by Crippen LogP contribution is -2.33. The van der Waals surface area contributed by atoms with Crippen LogP contribution in [0.2, 0.25) is 0 Å². The largest absolute Gasteiger partial charge is 0.393 e. The topological polar surface area (TPSA) is 81.8 Å². The van der Waals surface area contributed by atoms with Crippen molar-refractivity contribution in [2.45, 2.75) is 18.9 Å². The molecule has 0 atom stereocenters. The zero-order valence-corrected chi connectivity index (χ0v) is 8.22. The maximum Gasteiger partial charge on any atom is 0.182 e. The first-order valence-corrected chi connectivity index (χ1v) is 4.92. The van der Waals surface area contributed by atoms with Gasteiger partial charge in [0.2, 0.25) is 0 Å². The van der Waals surface area contributed by atoms with Crippen LogP contribution in [-0.4, -0.2) is 27.7 Å². The Morgan fingerprint density at radius 1 is 1.47 bits per heavy atom. The Morgan fingerprint density at radius 3 is 2.87 bits per heavy atom. The molecule has 78 valence electrons. The third kappa shape index (κ3) is 2.22. The van der Waals surface area contributed by atoms with Crippen LogP contribution in [0.4, 0.5) is 5.82 Å². The SMILES string of the molecule is N#Cc1nccnc1NCC1CC(O)C1. The fourth-order valence-corrected chi connectivity index (χ4v) is 1.66. The Morgan fingerprint density at radius 2 is 2.20 bits per heavy atom. The molecule has 0 unspecified atom stereocenters. The van der Waals surface area contributed by atoms with E-state index in [9.17, 15) is 0 Å². The Hall–Kier alpha value is -1.67. The van der Waals surface area contributed by atoms with Gasteiger partial charge in [0.25, 0.3) is 0 Å². The average Bonchev–Trinajstić information content (AvgIpc) is 2.23. The summed E-state index contributed by atoms with van der Waals surface area (Å²) in [5, 5.41) is 21.0. The number of hydrogen-bond acceptors (Lipinski definition) is 5. The van der Waals surface area contributed by atoms with Crippen molar-refractivity contribution in [2.75, 3.05) is 11.9 Å². The van der Waals surface area contributed by atoms with E-state index in [1.165, 1.54) is 6.20 Å². The van der Waals surface area contributed by atoms with Gasteiger partial charge in [0, 0.05) is 18.9 Å². The Bertz CT molecular complexity index is 381. The second-order valence-electron chi connectivity index (χ2n) is 3.74. The van der Waals surface area contributed by atoms with Crippen LogP contribution in [0, 0.1) is 17.2 Å². The van der Waals surface area contributed by atoms with Crippen LogP contribution < -0.4 is 5.32 Å². The molecule has 0 saturated heterocycles. The van der Waals surface area contributed by atoms with Gasteiger partial charge < -0.3 is 10.4 Å². The van der Waals surface area contributed by atoms with Gasteiger partial charge in [-0.1, -0.05) is 0 Å². The van der Waals surface area contributed by atoms with E-state index in [4.69, 9.17) is 10.4 Å². The molecule has 5 heteroatoms. The number of nitriles is 1. The van der Waals surface area contributed by atoms with Crippen molar-refractivity contribution in [3.05, 3.63) is 18.1 Å². The van der Waals surface area contributed by atoms with E-state index < -0.39 is 0 Å². The third-order valence-electron chi connectivity index (χ3n) is 2.57. The Balaban J connectivity index is 1.91. The van der Waals surface area contributed by atoms with Crippen LogP contribution in [0.3, 0.4) is 0 Å². The maximum atomic E-state index is 9.11. The molecule has 1 fully saturated rings. The lowest BCUT2D eigenvalue weighted by molar-refractivity contribution is 0.0486. The van der Waals surface area contributed by atoms with Gasteiger partial charge in [0.05, 0.1) is 6.10 Å². The van der Waals surface area contributed by atoms with Gasteiger partial charge in [-0.2, -0.15) is 5.26 Å². The average molecular weight is 204 g/mol. The number of rotatable bonds is 3. The van der Waals surface area contributed by atoms with E-state index >= 15 is 0 Å². The number of aliphatic hydroxyl groups is 1. The molecule has 0 radical (unpaired) electrons. The fourth-order valence-electron chi connectivity index (χ4n) is 1.66. The summed E-state index contributed by atoms with van der Waals surface area (Å²) in [6.45, 7) is 0.741. The molecule has 2 N–H and O–H groups in total. The van der Waals surface area contributed by atoms with E-state index in [1.54, 1.807) is 6.20 Å². The zero-order valence-electron chi connectivity index (χ0n) is 8.22. The number of hydrogen-bond donors (Lipinski definition) is 2. The van der Waals surface area contributed by atoms with Crippen molar-refractivity contribution < 1.29 is 5.11 Å². The number of aromatic nitrogens is 2. The predicted octanol–water partition coefficient (Wildman–Crippen LogP) is 0.531. The Kier molecular flexibility index (Phi) is 2.79. The molecular formula is C10H12N4O. The van der Waals surface area contributed by atoms with Crippen LogP contribution in [0.25, 0.3) is 0 Å². The fraction of sp³-hybridized carbons (Fsp3) is 0.500. The normalized spacial score (nSPS) is 24.0. The first kappa shape index (κ1) is 9.87. The zero-order chi connectivity index (χ0) is 10.7. The minimum absolute atomic E-state index is 0.144. The van der Waals surface area contributed by atoms with E-state index in [2.05, 4.69) is 15.3 Å². The highest BCUT2D eigenvalue weighted by Gasteiger charge is 2.26. The molecule has 0 aliphatic heterocycles. The highest BCUT2D eigenvalue weighted by molar-refractivity contribution is 5.46. The summed E-state index contributed by atoms with van der Waals surface area (Å²) in [4.78, 5) is 7.94. The van der Waals surface area contributed by atoms with Crippen LogP contribution in [0.1, 0.15) is 18.5 Å². The second kappa shape index (κ2) is 4.24. The standard InChI is InChI=1S/C10H12N4O/c11-5-9-10(13-2-1-12-9)14-6-7-3-8(15)4-7/h1-2,7-8,15H,3-4,6H2,(H,13,14). The summed E-state index contributed by atoms with van der Waals surface area (Å²) in [5.41, 5.74) is 0.317. The van der Waals surface area contributed by atoms with Gasteiger partial charge >= 0.3 is 0 Å². The number of nitrogens with one attached hydrogen (secondary N) is 1. The number of nitrogens with zero attached hydrogens (tertiary/aromatic N) is 3. The minimum Gasteiger partial charge on any atom is -0.393 e. The highest BCUT2D eigenvalue weighted by atomic mass is 16.3. The molecule has 1 saturated carbocycles. The molecule has 1 aromatic rings. The van der Waals surface area contributed by atoms with Gasteiger partial charge in [0.1, 0.15) is 6.07 Å². The molecular weight excluding hydrogens is 192 g/mol. The molecule has 2 rings (SSSR count). The van der Waals surface area contributed by atoms with Crippen molar-refractivity contribution >= 4 is 5.82 Å². The molecule has 0 bridgehead atoms. The lowest BCUT2D eigenvalue weighted by Gasteiger charge is -2.31. The van der Waals surface area contributed by atoms with Gasteiger partial charge in [-0.25, -0.2) is 9.97 Å². The van der Waals surface area contributed by atoms with E-state index in [0.29, 0.717) is 17.4 Å². The molecule has 0 aromatic carbocycles. The van der Waals surface area contributed by atoms with Gasteiger partial charge in [-0.15, -0.1) is 0 Å². The molecule has 1 aromatic heterocycles. The maximum absolute atomic E-state index is 9.11. The lowest BCUT2D eigenvalue weighted by atomic mass is 9.82. The van der Waals surface area contributed by atoms with Crippen LogP contribution >= 0.6 is 0 Å². The van der Waals surface area contributed by atoms with Gasteiger partial charge in [-0.3, -0.25) is 0 Å². The summed E-state index contributed by atoms with van der Waals surface area (Å²) in [7, 11) is 0. The first-order chi connectivity index (χ1) is 7.29. The molecule has 5 nitrogen and oxygen atoms in total. The predicted molar refractivity (Wildman–Crippen MR) is 54.0 cm³/mol. The molecule has 0 amide bonds. The molecule has 1 aliphatic rings. The monoisotopic (exact) mass is 204 g/mol. The van der Waals surface area contributed by atoms with Crippen molar-refractivity contribution in [2.24, 2.45) is 5.92 Å². The number of aliphatic hydroxyl groups excluding tert-OH is 1. The van der Waals surface area contributed by atoms with Crippen molar-refractivity contribution in [3.8, 4) is 6.07 Å². The van der Waals surface area contributed by atoms with Crippen LogP contribution in [-0.2, 0) is 0 Å². The summed E-state index contributed by atoms with van der Waals surface area (Å²) in [6.07, 6.45) is 4.56. The molecule has 1 aliphatic carbocycles. The molecule has 15 heavy (non-hydrogen) atoms. The highest BCUT2D eigenvalue weighted by Crippen LogP contribution is 2.27. The van der Waals surface area contributed by atoms with Gasteiger partial charge in [0.15, 0.2) is 11.5 Å². The number of anilines is 1. The van der Waals surface area contributed by atoms with Gasteiger partial charge in [-0.05, 0) is 18.8 Å². The first-order valence-electron chi connectivity index (χ1n) is 4.92. The summed E-state index contributed by atoms with van der Waals surface area (Å²) < 4.78 is 0. The molecule has 1 heterocycles. The van der Waals surface area contributed by atoms with Crippen LogP contribution in [0.5, 0.6) is 0 Å². The summed E-state index contributed by atoms with van der Waals surface area (Å²) >= 11 is 0.